The minimum absolute atomic E-state index is 0.114. The fourth-order valence-electron chi connectivity index (χ4n) is 2.90. The summed E-state index contributed by atoms with van der Waals surface area (Å²) in [4.78, 5) is 36.4. The second-order valence-electron chi connectivity index (χ2n) is 7.67. The Labute approximate surface area is 155 Å². The van der Waals surface area contributed by atoms with E-state index < -0.39 is 23.8 Å². The van der Waals surface area contributed by atoms with Crippen LogP contribution in [0.15, 0.2) is 0 Å². The first kappa shape index (κ1) is 22.1. The van der Waals surface area contributed by atoms with Crippen LogP contribution in [-0.2, 0) is 9.53 Å². The van der Waals surface area contributed by atoms with Gasteiger partial charge in [-0.05, 0) is 52.9 Å². The largest absolute Gasteiger partial charge is 0.465 e. The first-order valence-electron chi connectivity index (χ1n) is 9.44. The molecular weight excluding hydrogens is 338 g/mol. The number of hydrogen-bond acceptors (Lipinski definition) is 4. The molecular formula is C18H33N3O5. The van der Waals surface area contributed by atoms with E-state index in [1.807, 2.05) is 20.8 Å². The van der Waals surface area contributed by atoms with E-state index in [0.29, 0.717) is 26.1 Å². The lowest BCUT2D eigenvalue weighted by molar-refractivity contribution is -0.132. The lowest BCUT2D eigenvalue weighted by Crippen LogP contribution is -2.47. The lowest BCUT2D eigenvalue weighted by atomic mass is 10.1. The molecule has 1 rings (SSSR count). The molecule has 0 aromatic heterocycles. The van der Waals surface area contributed by atoms with Gasteiger partial charge in [0.05, 0.1) is 0 Å². The van der Waals surface area contributed by atoms with Gasteiger partial charge < -0.3 is 25.4 Å². The number of ether oxygens (including phenoxy) is 1. The maximum absolute atomic E-state index is 12.4. The predicted octanol–water partition coefficient (Wildman–Crippen LogP) is 2.72. The van der Waals surface area contributed by atoms with Gasteiger partial charge in [-0.15, -0.1) is 0 Å². The molecule has 1 aliphatic heterocycles. The third-order valence-corrected chi connectivity index (χ3v) is 4.10. The fourth-order valence-corrected chi connectivity index (χ4v) is 2.90. The van der Waals surface area contributed by atoms with Crippen molar-refractivity contribution >= 4 is 18.1 Å². The summed E-state index contributed by atoms with van der Waals surface area (Å²) in [5, 5.41) is 13.9. The summed E-state index contributed by atoms with van der Waals surface area (Å²) in [5.41, 5.74) is -0.489. The van der Waals surface area contributed by atoms with Gasteiger partial charge in [-0.25, -0.2) is 9.59 Å². The number of carbonyl (C=O) groups is 3. The molecule has 8 heteroatoms. The third kappa shape index (κ3) is 9.48. The van der Waals surface area contributed by atoms with Crippen molar-refractivity contribution in [1.82, 2.24) is 15.5 Å². The molecule has 8 nitrogen and oxygen atoms in total. The second kappa shape index (κ2) is 10.9. The predicted molar refractivity (Wildman–Crippen MR) is 98.1 cm³/mol. The number of rotatable bonds is 8. The van der Waals surface area contributed by atoms with Crippen molar-refractivity contribution in [2.45, 2.75) is 77.4 Å². The quantitative estimate of drug-likeness (QED) is 0.569. The topological polar surface area (TPSA) is 108 Å². The Morgan fingerprint density at radius 2 is 1.88 bits per heavy atom. The van der Waals surface area contributed by atoms with E-state index >= 15 is 0 Å². The molecule has 1 saturated heterocycles. The summed E-state index contributed by atoms with van der Waals surface area (Å²) < 4.78 is 5.16. The average Bonchev–Trinajstić information content (AvgIpc) is 2.67. The summed E-state index contributed by atoms with van der Waals surface area (Å²) in [6.45, 7) is 7.39. The van der Waals surface area contributed by atoms with Gasteiger partial charge in [0.25, 0.3) is 0 Å². The molecule has 1 atom stereocenters. The molecule has 0 aromatic rings. The molecule has 0 spiro atoms. The van der Waals surface area contributed by atoms with E-state index in [9.17, 15) is 14.4 Å². The van der Waals surface area contributed by atoms with Crippen molar-refractivity contribution in [2.24, 2.45) is 0 Å². The zero-order valence-corrected chi connectivity index (χ0v) is 16.2. The maximum Gasteiger partial charge on any atom is 0.407 e. The van der Waals surface area contributed by atoms with Crippen LogP contribution < -0.4 is 10.6 Å². The maximum atomic E-state index is 12.4. The Morgan fingerprint density at radius 1 is 1.19 bits per heavy atom. The molecule has 0 unspecified atom stereocenters. The van der Waals surface area contributed by atoms with Crippen LogP contribution in [0, 0.1) is 0 Å². The van der Waals surface area contributed by atoms with Gasteiger partial charge in [0.15, 0.2) is 0 Å². The molecule has 3 amide bonds. The highest BCUT2D eigenvalue weighted by molar-refractivity contribution is 5.85. The van der Waals surface area contributed by atoms with Crippen LogP contribution in [0.1, 0.15) is 65.7 Å². The van der Waals surface area contributed by atoms with Crippen molar-refractivity contribution in [3.63, 3.8) is 0 Å². The van der Waals surface area contributed by atoms with E-state index in [4.69, 9.17) is 9.84 Å². The second-order valence-corrected chi connectivity index (χ2v) is 7.67. The van der Waals surface area contributed by atoms with Crippen LogP contribution in [0.5, 0.6) is 0 Å². The highest BCUT2D eigenvalue weighted by atomic mass is 16.6. The van der Waals surface area contributed by atoms with Gasteiger partial charge in [-0.3, -0.25) is 4.79 Å². The molecule has 0 saturated carbocycles. The molecule has 3 N–H and O–H groups in total. The number of likely N-dealkylation sites (tertiary alicyclic amines) is 1. The normalized spacial score (nSPS) is 18.2. The third-order valence-electron chi connectivity index (χ3n) is 4.10. The first-order chi connectivity index (χ1) is 12.2. The molecule has 0 radical (unpaired) electrons. The van der Waals surface area contributed by atoms with Gasteiger partial charge in [0, 0.05) is 19.6 Å². The Hall–Kier alpha value is -1.99. The Morgan fingerprint density at radius 3 is 2.54 bits per heavy atom. The van der Waals surface area contributed by atoms with Crippen LogP contribution in [0.2, 0.25) is 0 Å². The monoisotopic (exact) mass is 371 g/mol. The van der Waals surface area contributed by atoms with Gasteiger partial charge >= 0.3 is 12.2 Å². The van der Waals surface area contributed by atoms with Crippen molar-refractivity contribution in [3.05, 3.63) is 0 Å². The number of carbonyl (C=O) groups excluding carboxylic acids is 2. The standard InChI is InChI=1S/C18H33N3O5/c1-18(2,3)26-17(25)19-11-7-4-5-8-12-21-13-9-6-10-14(15(21)22)20-16(23)24/h14,20H,4-13H2,1-3H3,(H,19,25)(H,23,24)/t14-/m0/s1. The number of nitrogens with one attached hydrogen (secondary N) is 2. The highest BCUT2D eigenvalue weighted by Gasteiger charge is 2.27. The zero-order chi connectivity index (χ0) is 19.6. The number of hydrogen-bond donors (Lipinski definition) is 3. The molecule has 1 aliphatic rings. The summed E-state index contributed by atoms with van der Waals surface area (Å²) >= 11 is 0. The van der Waals surface area contributed by atoms with Crippen LogP contribution in [0.4, 0.5) is 9.59 Å². The van der Waals surface area contributed by atoms with Crippen LogP contribution in [0.25, 0.3) is 0 Å². The number of amides is 3. The lowest BCUT2D eigenvalue weighted by Gasteiger charge is -2.24. The van der Waals surface area contributed by atoms with E-state index in [0.717, 1.165) is 38.5 Å². The smallest absolute Gasteiger partial charge is 0.407 e. The van der Waals surface area contributed by atoms with Crippen molar-refractivity contribution in [1.29, 1.82) is 0 Å². The first-order valence-corrected chi connectivity index (χ1v) is 9.44. The summed E-state index contributed by atoms with van der Waals surface area (Å²) in [6, 6.07) is -0.618. The molecule has 0 aliphatic carbocycles. The molecule has 0 aromatic carbocycles. The fraction of sp³-hybridized carbons (Fsp3) is 0.833. The van der Waals surface area contributed by atoms with Crippen molar-refractivity contribution in [3.8, 4) is 0 Å². The summed E-state index contributed by atoms with van der Waals surface area (Å²) in [6.07, 6.45) is 4.41. The highest BCUT2D eigenvalue weighted by Crippen LogP contribution is 2.14. The number of carboxylic acid groups (broad SMARTS) is 1. The van der Waals surface area contributed by atoms with Gasteiger partial charge in [-0.1, -0.05) is 12.8 Å². The Kier molecular flexibility index (Phi) is 9.23. The molecule has 1 heterocycles. The SMILES string of the molecule is CC(C)(C)OC(=O)NCCCCCCN1CCCC[C@H](NC(=O)O)C1=O. The van der Waals surface area contributed by atoms with E-state index in [1.54, 1.807) is 4.90 Å². The van der Waals surface area contributed by atoms with Crippen molar-refractivity contribution < 1.29 is 24.2 Å². The van der Waals surface area contributed by atoms with Gasteiger partial charge in [0.1, 0.15) is 11.6 Å². The summed E-state index contributed by atoms with van der Waals surface area (Å²) in [7, 11) is 0. The average molecular weight is 371 g/mol. The Balaban J connectivity index is 2.17. The Bertz CT molecular complexity index is 476. The minimum Gasteiger partial charge on any atom is -0.465 e. The van der Waals surface area contributed by atoms with Crippen LogP contribution in [0.3, 0.4) is 0 Å². The van der Waals surface area contributed by atoms with Gasteiger partial charge in [-0.2, -0.15) is 0 Å². The van der Waals surface area contributed by atoms with Crippen molar-refractivity contribution in [2.75, 3.05) is 19.6 Å². The number of unbranched alkanes of at least 4 members (excludes halogenated alkanes) is 3. The molecule has 1 fully saturated rings. The van der Waals surface area contributed by atoms with Gasteiger partial charge in [0.2, 0.25) is 5.91 Å². The van der Waals surface area contributed by atoms with Crippen LogP contribution >= 0.6 is 0 Å². The minimum atomic E-state index is -1.15. The van der Waals surface area contributed by atoms with E-state index in [1.165, 1.54) is 0 Å². The number of alkyl carbamates (subject to hydrolysis) is 1. The zero-order valence-electron chi connectivity index (χ0n) is 16.2. The molecule has 150 valence electrons. The molecule has 26 heavy (non-hydrogen) atoms. The summed E-state index contributed by atoms with van der Waals surface area (Å²) in [5.74, 6) is -0.114. The molecule has 0 bridgehead atoms. The van der Waals surface area contributed by atoms with E-state index in [2.05, 4.69) is 10.6 Å². The van der Waals surface area contributed by atoms with E-state index in [-0.39, 0.29) is 5.91 Å². The van der Waals surface area contributed by atoms with Crippen LogP contribution in [-0.4, -0.2) is 59.4 Å². The number of nitrogens with zero attached hydrogens (tertiary/aromatic N) is 1.